The summed E-state index contributed by atoms with van der Waals surface area (Å²) in [4.78, 5) is 29.1. The minimum atomic E-state index is -1.33. The van der Waals surface area contributed by atoms with Crippen LogP contribution in [-0.2, 0) is 14.3 Å². The van der Waals surface area contributed by atoms with Gasteiger partial charge in [-0.25, -0.2) is 4.79 Å². The van der Waals surface area contributed by atoms with Gasteiger partial charge in [0.05, 0.1) is 7.11 Å². The third-order valence-corrected chi connectivity index (χ3v) is 0.621. The standard InChI is InChI=1S/C5H8O3.CH3NO2/c1-4(6)3-5(7)8-2;2-1(3)4/h3H2,1-2H3;2H2,(H,3,4). The fraction of sp³-hybridized carbons (Fsp3) is 0.500. The first kappa shape index (κ1) is 13.0. The van der Waals surface area contributed by atoms with Gasteiger partial charge in [-0.2, -0.15) is 0 Å². The smallest absolute Gasteiger partial charge is 0.402 e. The van der Waals surface area contributed by atoms with Crippen LogP contribution in [0.15, 0.2) is 0 Å². The molecule has 0 radical (unpaired) electrons. The predicted molar refractivity (Wildman–Crippen MR) is 39.5 cm³/mol. The Hall–Kier alpha value is -1.59. The number of hydrogen-bond acceptors (Lipinski definition) is 4. The lowest BCUT2D eigenvalue weighted by molar-refractivity contribution is -0.142. The summed E-state index contributed by atoms with van der Waals surface area (Å²) in [5.41, 5.74) is 4.03. The minimum absolute atomic E-state index is 0.115. The van der Waals surface area contributed by atoms with Crippen molar-refractivity contribution in [2.24, 2.45) is 5.73 Å². The van der Waals surface area contributed by atoms with E-state index in [0.717, 1.165) is 0 Å². The van der Waals surface area contributed by atoms with Crippen LogP contribution in [0.25, 0.3) is 0 Å². The van der Waals surface area contributed by atoms with Crippen LogP contribution in [0.3, 0.4) is 0 Å². The van der Waals surface area contributed by atoms with Crippen LogP contribution in [0.4, 0.5) is 4.79 Å². The van der Waals surface area contributed by atoms with Gasteiger partial charge in [-0.3, -0.25) is 9.59 Å². The first-order valence-electron chi connectivity index (χ1n) is 2.94. The van der Waals surface area contributed by atoms with Gasteiger partial charge in [0.2, 0.25) is 0 Å². The van der Waals surface area contributed by atoms with E-state index in [9.17, 15) is 9.59 Å². The van der Waals surface area contributed by atoms with E-state index >= 15 is 0 Å². The van der Waals surface area contributed by atoms with Gasteiger partial charge >= 0.3 is 12.1 Å². The molecule has 3 N–H and O–H groups in total. The molecule has 0 aliphatic carbocycles. The maximum Gasteiger partial charge on any atom is 0.402 e. The van der Waals surface area contributed by atoms with E-state index in [2.05, 4.69) is 10.5 Å². The molecule has 0 atom stereocenters. The third kappa shape index (κ3) is 23.7. The van der Waals surface area contributed by atoms with Crippen molar-refractivity contribution in [1.29, 1.82) is 0 Å². The van der Waals surface area contributed by atoms with Crippen LogP contribution in [-0.4, -0.2) is 30.1 Å². The first-order chi connectivity index (χ1) is 5.40. The molecule has 12 heavy (non-hydrogen) atoms. The quantitative estimate of drug-likeness (QED) is 0.447. The summed E-state index contributed by atoms with van der Waals surface area (Å²) >= 11 is 0. The molecule has 0 saturated heterocycles. The Bertz CT molecular complexity index is 173. The highest BCUT2D eigenvalue weighted by Crippen LogP contribution is 1.83. The van der Waals surface area contributed by atoms with Gasteiger partial charge in [0, 0.05) is 0 Å². The Morgan fingerprint density at radius 2 is 1.75 bits per heavy atom. The Balaban J connectivity index is 0. The fourth-order valence-electron chi connectivity index (χ4n) is 0.275. The molecule has 0 unspecified atom stereocenters. The zero-order valence-electron chi connectivity index (χ0n) is 6.86. The lowest BCUT2D eigenvalue weighted by atomic mass is 10.3. The molecule has 0 spiro atoms. The number of carbonyl (C=O) groups is 3. The van der Waals surface area contributed by atoms with Gasteiger partial charge in [0.1, 0.15) is 12.2 Å². The molecule has 1 amide bonds. The van der Waals surface area contributed by atoms with E-state index in [0.29, 0.717) is 0 Å². The summed E-state index contributed by atoms with van der Waals surface area (Å²) < 4.78 is 4.20. The van der Waals surface area contributed by atoms with Crippen LogP contribution in [0.1, 0.15) is 13.3 Å². The summed E-state index contributed by atoms with van der Waals surface area (Å²) in [5, 5.41) is 7.19. The van der Waals surface area contributed by atoms with Gasteiger partial charge in [-0.15, -0.1) is 0 Å². The average molecular weight is 177 g/mol. The van der Waals surface area contributed by atoms with Crippen molar-refractivity contribution >= 4 is 17.8 Å². The highest BCUT2D eigenvalue weighted by atomic mass is 16.5. The van der Waals surface area contributed by atoms with Crippen LogP contribution in [0.2, 0.25) is 0 Å². The van der Waals surface area contributed by atoms with Crippen molar-refractivity contribution in [1.82, 2.24) is 0 Å². The molecule has 0 rings (SSSR count). The molecule has 0 bridgehead atoms. The number of nitrogens with two attached hydrogens (primary N) is 1. The molecule has 0 aromatic heterocycles. The molecule has 0 aromatic carbocycles. The first-order valence-corrected chi connectivity index (χ1v) is 2.94. The van der Waals surface area contributed by atoms with Crippen molar-refractivity contribution in [3.05, 3.63) is 0 Å². The second kappa shape index (κ2) is 7.52. The number of amides is 1. The number of ether oxygens (including phenoxy) is 1. The molecule has 6 heteroatoms. The topological polar surface area (TPSA) is 107 Å². The maximum absolute atomic E-state index is 10.2. The molecule has 0 saturated carbocycles. The van der Waals surface area contributed by atoms with Gasteiger partial charge in [0.15, 0.2) is 0 Å². The molecular weight excluding hydrogens is 166 g/mol. The van der Waals surface area contributed by atoms with E-state index < -0.39 is 12.1 Å². The number of rotatable bonds is 2. The Morgan fingerprint density at radius 1 is 1.42 bits per heavy atom. The normalized spacial score (nSPS) is 7.50. The molecule has 0 aliphatic rings. The third-order valence-electron chi connectivity index (χ3n) is 0.621. The van der Waals surface area contributed by atoms with Crippen molar-refractivity contribution in [3.8, 4) is 0 Å². The molecule has 0 heterocycles. The molecule has 70 valence electrons. The minimum Gasteiger partial charge on any atom is -0.469 e. The number of Topliss-reactive ketones (excluding diaryl/α,β-unsaturated/α-hetero) is 1. The van der Waals surface area contributed by atoms with Crippen LogP contribution in [0, 0.1) is 0 Å². The predicted octanol–water partition coefficient (Wildman–Crippen LogP) is -0.238. The Labute approximate surface area is 69.3 Å². The van der Waals surface area contributed by atoms with Crippen molar-refractivity contribution < 1.29 is 24.2 Å². The number of esters is 1. The van der Waals surface area contributed by atoms with Gasteiger partial charge in [-0.05, 0) is 6.92 Å². The average Bonchev–Trinajstić information content (AvgIpc) is 1.84. The van der Waals surface area contributed by atoms with Crippen molar-refractivity contribution in [3.63, 3.8) is 0 Å². The number of ketones is 1. The lowest BCUT2D eigenvalue weighted by Gasteiger charge is -1.90. The van der Waals surface area contributed by atoms with Gasteiger partial charge < -0.3 is 15.6 Å². The molecule has 0 aliphatic heterocycles. The summed E-state index contributed by atoms with van der Waals surface area (Å²) in [7, 11) is 1.26. The van der Waals surface area contributed by atoms with E-state index in [1.807, 2.05) is 0 Å². The molecule has 0 aromatic rings. The number of primary amides is 1. The zero-order valence-corrected chi connectivity index (χ0v) is 6.86. The summed E-state index contributed by atoms with van der Waals surface area (Å²) in [6.45, 7) is 1.34. The second-order valence-corrected chi connectivity index (χ2v) is 1.79. The van der Waals surface area contributed by atoms with E-state index in [1.54, 1.807) is 0 Å². The molecule has 0 fully saturated rings. The van der Waals surface area contributed by atoms with Gasteiger partial charge in [0.25, 0.3) is 0 Å². The number of hydrogen-bond donors (Lipinski definition) is 2. The molecular formula is C6H11NO5. The lowest BCUT2D eigenvalue weighted by Crippen LogP contribution is -2.05. The summed E-state index contributed by atoms with van der Waals surface area (Å²) in [5.74, 6) is -0.644. The largest absolute Gasteiger partial charge is 0.469 e. The number of carbonyl (C=O) groups excluding carboxylic acids is 2. The van der Waals surface area contributed by atoms with Crippen LogP contribution >= 0.6 is 0 Å². The highest BCUT2D eigenvalue weighted by molar-refractivity contribution is 5.93. The Morgan fingerprint density at radius 3 is 1.83 bits per heavy atom. The van der Waals surface area contributed by atoms with Crippen molar-refractivity contribution in [2.75, 3.05) is 7.11 Å². The van der Waals surface area contributed by atoms with E-state index in [4.69, 9.17) is 9.90 Å². The van der Waals surface area contributed by atoms with E-state index in [1.165, 1.54) is 14.0 Å². The monoisotopic (exact) mass is 177 g/mol. The SMILES string of the molecule is COC(=O)CC(C)=O.NC(=O)O. The summed E-state index contributed by atoms with van der Waals surface area (Å²) in [6.07, 6.45) is -1.45. The zero-order chi connectivity index (χ0) is 10.1. The maximum atomic E-state index is 10.2. The van der Waals surface area contributed by atoms with Crippen LogP contribution < -0.4 is 5.73 Å². The Kier molecular flexibility index (Phi) is 8.16. The highest BCUT2D eigenvalue weighted by Gasteiger charge is 2.01. The number of carboxylic acid groups (broad SMARTS) is 1. The fourth-order valence-corrected chi connectivity index (χ4v) is 0.275. The summed E-state index contributed by atoms with van der Waals surface area (Å²) in [6, 6.07) is 0. The van der Waals surface area contributed by atoms with Crippen LogP contribution in [0.5, 0.6) is 0 Å². The van der Waals surface area contributed by atoms with E-state index in [-0.39, 0.29) is 12.2 Å². The van der Waals surface area contributed by atoms with Gasteiger partial charge in [-0.1, -0.05) is 0 Å². The second-order valence-electron chi connectivity index (χ2n) is 1.79. The number of methoxy groups -OCH3 is 1. The van der Waals surface area contributed by atoms with Crippen molar-refractivity contribution in [2.45, 2.75) is 13.3 Å². The molecule has 6 nitrogen and oxygen atoms in total.